The number of carbonyl (C=O) groups is 1. The second kappa shape index (κ2) is 6.31. The number of nitrogen functional groups attached to an aromatic ring is 1. The summed E-state index contributed by atoms with van der Waals surface area (Å²) >= 11 is 0. The third-order valence-electron chi connectivity index (χ3n) is 4.23. The number of benzene rings is 1. The molecule has 1 aliphatic rings. The lowest BCUT2D eigenvalue weighted by molar-refractivity contribution is -0.384. The number of nitro groups is 1. The van der Waals surface area contributed by atoms with E-state index in [9.17, 15) is 14.9 Å². The van der Waals surface area contributed by atoms with Crippen molar-refractivity contribution >= 4 is 17.3 Å². The predicted octanol–water partition coefficient (Wildman–Crippen LogP) is 2.03. The molecule has 0 heterocycles. The Morgan fingerprint density at radius 2 is 2.18 bits per heavy atom. The summed E-state index contributed by atoms with van der Waals surface area (Å²) in [7, 11) is 1.64. The van der Waals surface area contributed by atoms with Crippen molar-refractivity contribution in [3.05, 3.63) is 33.4 Å². The van der Waals surface area contributed by atoms with Gasteiger partial charge in [0.05, 0.1) is 17.1 Å². The molecule has 0 aromatic heterocycles. The lowest BCUT2D eigenvalue weighted by atomic mass is 9.69. The van der Waals surface area contributed by atoms with Crippen molar-refractivity contribution in [3.8, 4) is 0 Å². The molecule has 0 bridgehead atoms. The molecular formula is C15H21N3O4. The van der Waals surface area contributed by atoms with E-state index >= 15 is 0 Å². The maximum Gasteiger partial charge on any atom is 0.293 e. The quantitative estimate of drug-likeness (QED) is 0.475. The highest BCUT2D eigenvalue weighted by Gasteiger charge is 2.37. The molecule has 0 atom stereocenters. The second-order valence-corrected chi connectivity index (χ2v) is 5.97. The maximum absolute atomic E-state index is 12.3. The summed E-state index contributed by atoms with van der Waals surface area (Å²) in [5.74, 6) is -0.383. The molecule has 22 heavy (non-hydrogen) atoms. The minimum Gasteiger partial charge on any atom is -0.393 e. The van der Waals surface area contributed by atoms with Gasteiger partial charge in [0.15, 0.2) is 0 Å². The molecule has 0 aliphatic heterocycles. The van der Waals surface area contributed by atoms with Crippen LogP contribution in [0.25, 0.3) is 0 Å². The summed E-state index contributed by atoms with van der Waals surface area (Å²) in [6.07, 6.45) is 3.13. The molecular weight excluding hydrogens is 286 g/mol. The Morgan fingerprint density at radius 3 is 2.68 bits per heavy atom. The minimum absolute atomic E-state index is 0.0189. The lowest BCUT2D eigenvalue weighted by Gasteiger charge is -2.41. The van der Waals surface area contributed by atoms with Crippen molar-refractivity contribution < 1.29 is 14.5 Å². The largest absolute Gasteiger partial charge is 0.393 e. The molecule has 0 spiro atoms. The van der Waals surface area contributed by atoms with Crippen molar-refractivity contribution in [3.63, 3.8) is 0 Å². The molecule has 1 fully saturated rings. The third-order valence-corrected chi connectivity index (χ3v) is 4.23. The number of nitro benzene ring substituents is 1. The number of aryl methyl sites for hydroxylation is 1. The van der Waals surface area contributed by atoms with E-state index in [1.165, 1.54) is 6.07 Å². The zero-order valence-corrected chi connectivity index (χ0v) is 12.8. The number of hydrogen-bond donors (Lipinski definition) is 2. The van der Waals surface area contributed by atoms with Gasteiger partial charge in [-0.25, -0.2) is 0 Å². The number of carbonyl (C=O) groups excluding carboxylic acids is 1. The summed E-state index contributed by atoms with van der Waals surface area (Å²) in [6.45, 7) is 2.78. The summed E-state index contributed by atoms with van der Waals surface area (Å²) in [5, 5.41) is 13.8. The number of amides is 1. The van der Waals surface area contributed by atoms with Crippen LogP contribution in [0.2, 0.25) is 0 Å². The first-order valence-electron chi connectivity index (χ1n) is 7.20. The van der Waals surface area contributed by atoms with Gasteiger partial charge in [0.25, 0.3) is 11.6 Å². The lowest BCUT2D eigenvalue weighted by Crippen LogP contribution is -2.45. The smallest absolute Gasteiger partial charge is 0.293 e. The zero-order chi connectivity index (χ0) is 16.3. The highest BCUT2D eigenvalue weighted by atomic mass is 16.6. The van der Waals surface area contributed by atoms with Crippen LogP contribution >= 0.6 is 0 Å². The van der Waals surface area contributed by atoms with Crippen LogP contribution in [-0.4, -0.2) is 31.1 Å². The number of anilines is 1. The number of rotatable bonds is 6. The van der Waals surface area contributed by atoms with E-state index in [0.29, 0.717) is 18.7 Å². The molecule has 1 amide bonds. The summed E-state index contributed by atoms with van der Waals surface area (Å²) in [5.41, 5.74) is 6.20. The van der Waals surface area contributed by atoms with Crippen molar-refractivity contribution in [2.24, 2.45) is 5.41 Å². The molecule has 1 saturated carbocycles. The van der Waals surface area contributed by atoms with Crippen LogP contribution in [0, 0.1) is 22.5 Å². The highest BCUT2D eigenvalue weighted by Crippen LogP contribution is 2.40. The molecule has 7 heteroatoms. The molecule has 0 saturated heterocycles. The van der Waals surface area contributed by atoms with E-state index in [1.807, 2.05) is 0 Å². The van der Waals surface area contributed by atoms with E-state index in [1.54, 1.807) is 20.1 Å². The van der Waals surface area contributed by atoms with Crippen LogP contribution < -0.4 is 11.1 Å². The van der Waals surface area contributed by atoms with E-state index in [0.717, 1.165) is 19.3 Å². The second-order valence-electron chi connectivity index (χ2n) is 5.97. The average Bonchev–Trinajstić information content (AvgIpc) is 2.43. The molecule has 0 radical (unpaired) electrons. The third kappa shape index (κ3) is 3.19. The van der Waals surface area contributed by atoms with Crippen LogP contribution in [0.15, 0.2) is 12.1 Å². The van der Waals surface area contributed by atoms with Gasteiger partial charge >= 0.3 is 0 Å². The number of hydrogen-bond acceptors (Lipinski definition) is 5. The first-order chi connectivity index (χ1) is 10.4. The summed E-state index contributed by atoms with van der Waals surface area (Å²) in [4.78, 5) is 22.7. The first kappa shape index (κ1) is 16.2. The number of methoxy groups -OCH3 is 1. The van der Waals surface area contributed by atoms with E-state index < -0.39 is 4.92 Å². The van der Waals surface area contributed by atoms with Gasteiger partial charge in [-0.3, -0.25) is 14.9 Å². The number of nitrogens with two attached hydrogens (primary N) is 1. The molecule has 1 aliphatic carbocycles. The predicted molar refractivity (Wildman–Crippen MR) is 82.7 cm³/mol. The molecule has 3 N–H and O–H groups in total. The zero-order valence-electron chi connectivity index (χ0n) is 12.8. The molecule has 2 rings (SSSR count). The summed E-state index contributed by atoms with van der Waals surface area (Å²) < 4.78 is 5.22. The molecule has 1 aromatic carbocycles. The number of ether oxygens (including phenoxy) is 1. The van der Waals surface area contributed by atoms with Gasteiger partial charge in [-0.15, -0.1) is 0 Å². The standard InChI is InChI=1S/C15H21N3O4/c1-10-6-11(13(16)12(7-10)18(20)21)14(19)17-8-15(9-22-2)4-3-5-15/h6-7H,3-5,8-9,16H2,1-2H3,(H,17,19). The van der Waals surface area contributed by atoms with Crippen molar-refractivity contribution in [1.82, 2.24) is 5.32 Å². The van der Waals surface area contributed by atoms with E-state index in [4.69, 9.17) is 10.5 Å². The SMILES string of the molecule is COCC1(CNC(=O)c2cc(C)cc([N+](=O)[O-])c2N)CCC1. The number of nitrogens with zero attached hydrogens (tertiary/aromatic N) is 1. The van der Waals surface area contributed by atoms with Crippen molar-refractivity contribution in [1.29, 1.82) is 0 Å². The topological polar surface area (TPSA) is 107 Å². The fraction of sp³-hybridized carbons (Fsp3) is 0.533. The highest BCUT2D eigenvalue weighted by molar-refractivity contribution is 6.01. The Balaban J connectivity index is 2.14. The Labute approximate surface area is 129 Å². The van der Waals surface area contributed by atoms with Crippen LogP contribution in [0.4, 0.5) is 11.4 Å². The monoisotopic (exact) mass is 307 g/mol. The van der Waals surface area contributed by atoms with Crippen LogP contribution in [-0.2, 0) is 4.74 Å². The number of nitrogens with one attached hydrogen (secondary N) is 1. The van der Waals surface area contributed by atoms with Crippen LogP contribution in [0.3, 0.4) is 0 Å². The van der Waals surface area contributed by atoms with Gasteiger partial charge < -0.3 is 15.8 Å². The first-order valence-corrected chi connectivity index (χ1v) is 7.20. The van der Waals surface area contributed by atoms with Crippen molar-refractivity contribution in [2.75, 3.05) is 26.0 Å². The van der Waals surface area contributed by atoms with E-state index in [-0.39, 0.29) is 28.3 Å². The van der Waals surface area contributed by atoms with Crippen LogP contribution in [0.1, 0.15) is 35.2 Å². The summed E-state index contributed by atoms with van der Waals surface area (Å²) in [6, 6.07) is 2.94. The average molecular weight is 307 g/mol. The van der Waals surface area contributed by atoms with Crippen molar-refractivity contribution in [2.45, 2.75) is 26.2 Å². The van der Waals surface area contributed by atoms with Gasteiger partial charge in [-0.05, 0) is 31.4 Å². The van der Waals surface area contributed by atoms with Gasteiger partial charge in [0.2, 0.25) is 0 Å². The maximum atomic E-state index is 12.3. The molecule has 7 nitrogen and oxygen atoms in total. The Hall–Kier alpha value is -2.15. The molecule has 120 valence electrons. The molecule has 1 aromatic rings. The Kier molecular flexibility index (Phi) is 4.65. The van der Waals surface area contributed by atoms with Gasteiger partial charge in [0, 0.05) is 25.1 Å². The van der Waals surface area contributed by atoms with Crippen LogP contribution in [0.5, 0.6) is 0 Å². The minimum atomic E-state index is -0.572. The van der Waals surface area contributed by atoms with Gasteiger partial charge in [-0.2, -0.15) is 0 Å². The van der Waals surface area contributed by atoms with Gasteiger partial charge in [0.1, 0.15) is 5.69 Å². The molecule has 0 unspecified atom stereocenters. The Morgan fingerprint density at radius 1 is 1.50 bits per heavy atom. The fourth-order valence-corrected chi connectivity index (χ4v) is 2.84. The van der Waals surface area contributed by atoms with Gasteiger partial charge in [-0.1, -0.05) is 6.42 Å². The van der Waals surface area contributed by atoms with E-state index in [2.05, 4.69) is 5.32 Å². The fourth-order valence-electron chi connectivity index (χ4n) is 2.84. The normalized spacial score (nSPS) is 15.9. The Bertz CT molecular complexity index is 597.